The molecule has 0 spiro atoms. The zero-order valence-corrected chi connectivity index (χ0v) is 15.2. The fourth-order valence-electron chi connectivity index (χ4n) is 3.16. The van der Waals surface area contributed by atoms with Gasteiger partial charge >= 0.3 is 5.97 Å². The lowest BCUT2D eigenvalue weighted by molar-refractivity contribution is -0.152. The van der Waals surface area contributed by atoms with Gasteiger partial charge in [0.25, 0.3) is 0 Å². The van der Waals surface area contributed by atoms with Crippen LogP contribution in [0.25, 0.3) is 0 Å². The zero-order chi connectivity index (χ0) is 18.0. The summed E-state index contributed by atoms with van der Waals surface area (Å²) in [4.78, 5) is 21.8. The van der Waals surface area contributed by atoms with Gasteiger partial charge in [-0.1, -0.05) is 38.5 Å². The van der Waals surface area contributed by atoms with Gasteiger partial charge < -0.3 is 4.84 Å². The molecule has 0 aromatic heterocycles. The maximum absolute atomic E-state index is 13.0. The van der Waals surface area contributed by atoms with Gasteiger partial charge in [-0.25, -0.2) is 18.7 Å². The first-order valence-corrected chi connectivity index (χ1v) is 10.0. The predicted octanol–water partition coefficient (Wildman–Crippen LogP) is 1.71. The van der Waals surface area contributed by atoms with E-state index in [1.807, 2.05) is 13.8 Å². The SMILES string of the molecule is CC[C@H](C)[C@H]1N=C([C@@H]2CCCN2S(=O)(=O)c2ccccc2)NOC1=O. The maximum Gasteiger partial charge on any atom is 0.356 e. The molecule has 3 rings (SSSR count). The van der Waals surface area contributed by atoms with E-state index in [1.54, 1.807) is 30.3 Å². The molecule has 0 bridgehead atoms. The predicted molar refractivity (Wildman–Crippen MR) is 93.3 cm³/mol. The Hall–Kier alpha value is -1.93. The van der Waals surface area contributed by atoms with Crippen molar-refractivity contribution in [2.75, 3.05) is 6.54 Å². The monoisotopic (exact) mass is 365 g/mol. The van der Waals surface area contributed by atoms with Crippen LogP contribution >= 0.6 is 0 Å². The molecule has 2 aliphatic heterocycles. The normalized spacial score (nSPS) is 25.8. The van der Waals surface area contributed by atoms with Crippen LogP contribution in [0.3, 0.4) is 0 Å². The Kier molecular flexibility index (Phi) is 5.10. The van der Waals surface area contributed by atoms with Crippen molar-refractivity contribution in [2.24, 2.45) is 10.9 Å². The molecule has 7 nitrogen and oxygen atoms in total. The molecule has 1 saturated heterocycles. The van der Waals surface area contributed by atoms with E-state index < -0.39 is 28.1 Å². The second-order valence-corrected chi connectivity index (χ2v) is 8.35. The number of amidine groups is 1. The van der Waals surface area contributed by atoms with Crippen molar-refractivity contribution in [1.82, 2.24) is 9.79 Å². The summed E-state index contributed by atoms with van der Waals surface area (Å²) in [5.41, 5.74) is 2.57. The second kappa shape index (κ2) is 7.13. The van der Waals surface area contributed by atoms with E-state index >= 15 is 0 Å². The van der Waals surface area contributed by atoms with E-state index in [0.29, 0.717) is 18.8 Å². The number of sulfonamides is 1. The number of rotatable bonds is 5. The van der Waals surface area contributed by atoms with Gasteiger partial charge in [0.05, 0.1) is 10.9 Å². The van der Waals surface area contributed by atoms with Crippen molar-refractivity contribution in [2.45, 2.75) is 50.1 Å². The molecule has 1 fully saturated rings. The minimum atomic E-state index is -3.62. The molecule has 1 aromatic rings. The smallest absolute Gasteiger partial charge is 0.340 e. The summed E-state index contributed by atoms with van der Waals surface area (Å²) >= 11 is 0. The third-order valence-electron chi connectivity index (χ3n) is 4.83. The summed E-state index contributed by atoms with van der Waals surface area (Å²) in [6.07, 6.45) is 2.16. The Labute approximate surface area is 148 Å². The minimum absolute atomic E-state index is 0.0326. The van der Waals surface area contributed by atoms with Crippen LogP contribution in [0.2, 0.25) is 0 Å². The molecule has 0 saturated carbocycles. The number of aliphatic imine (C=N–C) groups is 1. The number of benzene rings is 1. The summed E-state index contributed by atoms with van der Waals surface area (Å²) < 4.78 is 27.4. The number of hydrogen-bond donors (Lipinski definition) is 1. The first kappa shape index (κ1) is 17.9. The van der Waals surface area contributed by atoms with E-state index in [0.717, 1.165) is 12.8 Å². The molecule has 25 heavy (non-hydrogen) atoms. The van der Waals surface area contributed by atoms with Crippen LogP contribution in [0, 0.1) is 5.92 Å². The summed E-state index contributed by atoms with van der Waals surface area (Å²) in [5, 5.41) is 0. The van der Waals surface area contributed by atoms with Crippen molar-refractivity contribution >= 4 is 21.8 Å². The van der Waals surface area contributed by atoms with Crippen molar-refractivity contribution in [3.05, 3.63) is 30.3 Å². The molecule has 0 radical (unpaired) electrons. The number of nitrogens with zero attached hydrogens (tertiary/aromatic N) is 2. The number of carbonyl (C=O) groups is 1. The topological polar surface area (TPSA) is 88.1 Å². The van der Waals surface area contributed by atoms with Crippen LogP contribution in [0.15, 0.2) is 40.2 Å². The second-order valence-electron chi connectivity index (χ2n) is 6.45. The van der Waals surface area contributed by atoms with E-state index in [-0.39, 0.29) is 10.8 Å². The molecule has 1 N–H and O–H groups in total. The molecular formula is C17H23N3O4S. The minimum Gasteiger partial charge on any atom is -0.340 e. The molecule has 2 heterocycles. The molecule has 2 aliphatic rings. The van der Waals surface area contributed by atoms with Gasteiger partial charge in [-0.3, -0.25) is 4.99 Å². The van der Waals surface area contributed by atoms with Gasteiger partial charge in [-0.05, 0) is 30.9 Å². The average molecular weight is 365 g/mol. The highest BCUT2D eigenvalue weighted by atomic mass is 32.2. The van der Waals surface area contributed by atoms with Crippen LogP contribution in [-0.4, -0.2) is 43.2 Å². The Morgan fingerprint density at radius 1 is 1.36 bits per heavy atom. The number of hydroxylamine groups is 1. The van der Waals surface area contributed by atoms with Crippen LogP contribution in [0.1, 0.15) is 33.1 Å². The average Bonchev–Trinajstić information content (AvgIpc) is 3.13. The molecule has 0 aliphatic carbocycles. The number of carbonyl (C=O) groups excluding carboxylic acids is 1. The van der Waals surface area contributed by atoms with Gasteiger partial charge in [0.15, 0.2) is 11.9 Å². The van der Waals surface area contributed by atoms with Crippen molar-refractivity contribution < 1.29 is 18.0 Å². The van der Waals surface area contributed by atoms with Crippen LogP contribution < -0.4 is 5.48 Å². The molecular weight excluding hydrogens is 342 g/mol. The van der Waals surface area contributed by atoms with Gasteiger partial charge in [-0.2, -0.15) is 4.31 Å². The summed E-state index contributed by atoms with van der Waals surface area (Å²) in [5.74, 6) is 0.0284. The third-order valence-corrected chi connectivity index (χ3v) is 6.75. The first-order chi connectivity index (χ1) is 11.9. The molecule has 0 amide bonds. The zero-order valence-electron chi connectivity index (χ0n) is 14.4. The summed E-state index contributed by atoms with van der Waals surface area (Å²) in [6, 6.07) is 7.33. The quantitative estimate of drug-likeness (QED) is 0.858. The first-order valence-electron chi connectivity index (χ1n) is 8.56. The Morgan fingerprint density at radius 2 is 2.08 bits per heavy atom. The van der Waals surface area contributed by atoms with Crippen molar-refractivity contribution in [3.8, 4) is 0 Å². The Bertz CT molecular complexity index is 763. The molecule has 8 heteroatoms. The maximum atomic E-state index is 13.0. The van der Waals surface area contributed by atoms with Gasteiger partial charge in [0.1, 0.15) is 0 Å². The van der Waals surface area contributed by atoms with Crippen LogP contribution in [-0.2, 0) is 19.7 Å². The highest BCUT2D eigenvalue weighted by Crippen LogP contribution is 2.28. The third kappa shape index (κ3) is 3.41. The fourth-order valence-corrected chi connectivity index (χ4v) is 4.84. The van der Waals surface area contributed by atoms with Gasteiger partial charge in [-0.15, -0.1) is 0 Å². The fraction of sp³-hybridized carbons (Fsp3) is 0.529. The lowest BCUT2D eigenvalue weighted by Gasteiger charge is -2.30. The van der Waals surface area contributed by atoms with Gasteiger partial charge in [0.2, 0.25) is 10.0 Å². The largest absolute Gasteiger partial charge is 0.356 e. The number of hydrogen-bond acceptors (Lipinski definition) is 6. The van der Waals surface area contributed by atoms with E-state index in [9.17, 15) is 13.2 Å². The molecule has 0 unspecified atom stereocenters. The van der Waals surface area contributed by atoms with E-state index in [2.05, 4.69) is 10.5 Å². The summed E-state index contributed by atoms with van der Waals surface area (Å²) in [7, 11) is -3.62. The van der Waals surface area contributed by atoms with Crippen LogP contribution in [0.4, 0.5) is 0 Å². The number of nitrogens with one attached hydrogen (secondary N) is 1. The van der Waals surface area contributed by atoms with E-state index in [1.165, 1.54) is 4.31 Å². The molecule has 1 aromatic carbocycles. The molecule has 3 atom stereocenters. The lowest BCUT2D eigenvalue weighted by Crippen LogP contribution is -2.51. The Morgan fingerprint density at radius 3 is 2.76 bits per heavy atom. The summed E-state index contributed by atoms with van der Waals surface area (Å²) in [6.45, 7) is 4.34. The highest BCUT2D eigenvalue weighted by Gasteiger charge is 2.41. The van der Waals surface area contributed by atoms with Gasteiger partial charge in [0, 0.05) is 6.54 Å². The van der Waals surface area contributed by atoms with E-state index in [4.69, 9.17) is 4.84 Å². The lowest BCUT2D eigenvalue weighted by atomic mass is 9.99. The molecule has 136 valence electrons. The highest BCUT2D eigenvalue weighted by molar-refractivity contribution is 7.89. The Balaban J connectivity index is 1.90. The van der Waals surface area contributed by atoms with Crippen molar-refractivity contribution in [3.63, 3.8) is 0 Å². The van der Waals surface area contributed by atoms with Crippen LogP contribution in [0.5, 0.6) is 0 Å². The van der Waals surface area contributed by atoms with Crippen molar-refractivity contribution in [1.29, 1.82) is 0 Å². The standard InChI is InChI=1S/C17H23N3O4S/c1-3-12(2)15-17(21)24-19-16(18-15)14-10-7-11-20(14)25(22,23)13-8-5-4-6-9-13/h4-6,8-9,12,14-15H,3,7,10-11H2,1-2H3,(H,18,19)/t12-,14-,15+/m0/s1.